The maximum absolute atomic E-state index is 13.6. The van der Waals surface area contributed by atoms with Gasteiger partial charge in [0.05, 0.1) is 0 Å². The number of hydrogen-bond acceptors (Lipinski definition) is 6. The molecule has 1 aromatic heterocycles. The van der Waals surface area contributed by atoms with Gasteiger partial charge in [-0.05, 0) is 22.1 Å². The summed E-state index contributed by atoms with van der Waals surface area (Å²) in [5.41, 5.74) is 1.24. The zero-order chi connectivity index (χ0) is 19.8. The molecule has 0 aliphatic heterocycles. The molecule has 0 saturated heterocycles. The number of nitrogens with zero attached hydrogens (tertiary/aromatic N) is 4. The van der Waals surface area contributed by atoms with Crippen molar-refractivity contribution in [1.82, 2.24) is 25.5 Å². The summed E-state index contributed by atoms with van der Waals surface area (Å²) < 4.78 is 20.0. The van der Waals surface area contributed by atoms with Gasteiger partial charge in [-0.1, -0.05) is 48.5 Å². The van der Waals surface area contributed by atoms with Gasteiger partial charge in [0.25, 0.3) is 5.91 Å². The average molecular weight is 383 g/mol. The molecule has 2 aromatic carbocycles. The van der Waals surface area contributed by atoms with Crippen molar-refractivity contribution in [3.05, 3.63) is 77.9 Å². The normalized spacial score (nSPS) is 11.6. The van der Waals surface area contributed by atoms with E-state index in [9.17, 15) is 14.0 Å². The lowest BCUT2D eigenvalue weighted by atomic mass is 10.1. The second kappa shape index (κ2) is 9.36. The lowest BCUT2D eigenvalue weighted by Crippen LogP contribution is -2.31. The molecule has 0 radical (unpaired) electrons. The quantitative estimate of drug-likeness (QED) is 0.591. The highest BCUT2D eigenvalue weighted by molar-refractivity contribution is 5.81. The predicted molar refractivity (Wildman–Crippen MR) is 96.2 cm³/mol. The summed E-state index contributed by atoms with van der Waals surface area (Å²) >= 11 is 0. The molecule has 8 nitrogen and oxygen atoms in total. The van der Waals surface area contributed by atoms with Crippen molar-refractivity contribution in [2.45, 2.75) is 19.0 Å². The van der Waals surface area contributed by atoms with Gasteiger partial charge in [0, 0.05) is 18.5 Å². The molecule has 1 N–H and O–H groups in total. The number of halogens is 1. The van der Waals surface area contributed by atoms with Crippen LogP contribution in [-0.4, -0.2) is 38.7 Å². The molecular formula is C19H18FN5O3. The van der Waals surface area contributed by atoms with Crippen LogP contribution >= 0.6 is 0 Å². The first-order valence-electron chi connectivity index (χ1n) is 8.56. The fraction of sp³-hybridized carbons (Fsp3) is 0.211. The SMILES string of the molecule is O=C(COC(=O)[C@H](Cc1ccccc1)n1cnnn1)NCc1ccccc1F. The molecule has 3 rings (SSSR count). The van der Waals surface area contributed by atoms with E-state index >= 15 is 0 Å². The molecule has 0 aliphatic carbocycles. The topological polar surface area (TPSA) is 99.0 Å². The molecule has 0 fully saturated rings. The summed E-state index contributed by atoms with van der Waals surface area (Å²) in [5.74, 6) is -1.59. The van der Waals surface area contributed by atoms with Crippen LogP contribution in [0.15, 0.2) is 60.9 Å². The molecule has 9 heteroatoms. The number of amides is 1. The Hall–Kier alpha value is -3.62. The minimum atomic E-state index is -0.809. The summed E-state index contributed by atoms with van der Waals surface area (Å²) in [4.78, 5) is 24.4. The van der Waals surface area contributed by atoms with Gasteiger partial charge in [-0.25, -0.2) is 13.9 Å². The second-order valence-electron chi connectivity index (χ2n) is 5.97. The molecular weight excluding hydrogens is 365 g/mol. The third kappa shape index (κ3) is 5.19. The Kier molecular flexibility index (Phi) is 6.40. The number of carbonyl (C=O) groups is 2. The molecule has 0 saturated carbocycles. The van der Waals surface area contributed by atoms with Crippen molar-refractivity contribution < 1.29 is 18.7 Å². The Bertz CT molecular complexity index is 918. The maximum atomic E-state index is 13.6. The van der Waals surface area contributed by atoms with E-state index in [2.05, 4.69) is 20.8 Å². The number of hydrogen-bond donors (Lipinski definition) is 1. The Labute approximate surface area is 160 Å². The Morgan fingerprint density at radius 1 is 1.11 bits per heavy atom. The van der Waals surface area contributed by atoms with Crippen LogP contribution in [-0.2, 0) is 27.3 Å². The summed E-state index contributed by atoms with van der Waals surface area (Å²) in [5, 5.41) is 13.4. The first kappa shape index (κ1) is 19.2. The largest absolute Gasteiger partial charge is 0.454 e. The lowest BCUT2D eigenvalue weighted by molar-refractivity contribution is -0.152. The van der Waals surface area contributed by atoms with Crippen molar-refractivity contribution in [2.24, 2.45) is 0 Å². The van der Waals surface area contributed by atoms with Crippen LogP contribution in [0.2, 0.25) is 0 Å². The number of nitrogens with one attached hydrogen (secondary N) is 1. The van der Waals surface area contributed by atoms with Gasteiger partial charge in [-0.3, -0.25) is 4.79 Å². The number of rotatable bonds is 8. The zero-order valence-electron chi connectivity index (χ0n) is 14.9. The van der Waals surface area contributed by atoms with Gasteiger partial charge in [0.15, 0.2) is 12.6 Å². The molecule has 0 aliphatic rings. The highest BCUT2D eigenvalue weighted by Crippen LogP contribution is 2.14. The second-order valence-corrected chi connectivity index (χ2v) is 5.97. The van der Waals surface area contributed by atoms with Gasteiger partial charge in [-0.2, -0.15) is 0 Å². The number of ether oxygens (including phenoxy) is 1. The van der Waals surface area contributed by atoms with Gasteiger partial charge in [-0.15, -0.1) is 5.10 Å². The van der Waals surface area contributed by atoms with E-state index in [4.69, 9.17) is 4.74 Å². The number of esters is 1. The summed E-state index contributed by atoms with van der Waals surface area (Å²) in [6, 6.07) is 14.6. The van der Waals surface area contributed by atoms with E-state index in [1.54, 1.807) is 18.2 Å². The van der Waals surface area contributed by atoms with Crippen LogP contribution in [0.25, 0.3) is 0 Å². The minimum Gasteiger partial charge on any atom is -0.454 e. The highest BCUT2D eigenvalue weighted by atomic mass is 19.1. The van der Waals surface area contributed by atoms with E-state index in [1.807, 2.05) is 30.3 Å². The Balaban J connectivity index is 1.56. The third-order valence-corrected chi connectivity index (χ3v) is 4.01. The first-order chi connectivity index (χ1) is 13.6. The van der Waals surface area contributed by atoms with E-state index < -0.39 is 30.3 Å². The number of benzene rings is 2. The predicted octanol–water partition coefficient (Wildman–Crippen LogP) is 1.46. The summed E-state index contributed by atoms with van der Waals surface area (Å²) in [6.07, 6.45) is 1.62. The van der Waals surface area contributed by atoms with Crippen LogP contribution in [0.4, 0.5) is 4.39 Å². The maximum Gasteiger partial charge on any atom is 0.331 e. The van der Waals surface area contributed by atoms with Crippen LogP contribution < -0.4 is 5.32 Å². The van der Waals surface area contributed by atoms with Gasteiger partial charge in [0.1, 0.15) is 12.1 Å². The van der Waals surface area contributed by atoms with E-state index in [-0.39, 0.29) is 6.54 Å². The van der Waals surface area contributed by atoms with E-state index in [1.165, 1.54) is 17.1 Å². The van der Waals surface area contributed by atoms with Gasteiger partial charge < -0.3 is 10.1 Å². The molecule has 1 amide bonds. The fourth-order valence-electron chi connectivity index (χ4n) is 2.55. The number of carbonyl (C=O) groups excluding carboxylic acids is 2. The fourth-order valence-corrected chi connectivity index (χ4v) is 2.55. The van der Waals surface area contributed by atoms with Crippen LogP contribution in [0.3, 0.4) is 0 Å². The first-order valence-corrected chi connectivity index (χ1v) is 8.56. The van der Waals surface area contributed by atoms with E-state index in [0.717, 1.165) is 5.56 Å². The molecule has 0 bridgehead atoms. The van der Waals surface area contributed by atoms with Crippen molar-refractivity contribution in [2.75, 3.05) is 6.61 Å². The zero-order valence-corrected chi connectivity index (χ0v) is 14.9. The summed E-state index contributed by atoms with van der Waals surface area (Å²) in [7, 11) is 0. The Morgan fingerprint density at radius 3 is 2.57 bits per heavy atom. The molecule has 3 aromatic rings. The van der Waals surface area contributed by atoms with Crippen molar-refractivity contribution >= 4 is 11.9 Å². The molecule has 0 unspecified atom stereocenters. The van der Waals surface area contributed by atoms with Crippen LogP contribution in [0, 0.1) is 5.82 Å². The smallest absolute Gasteiger partial charge is 0.331 e. The Morgan fingerprint density at radius 2 is 1.86 bits per heavy atom. The van der Waals surface area contributed by atoms with Crippen LogP contribution in [0.1, 0.15) is 17.2 Å². The van der Waals surface area contributed by atoms with Crippen LogP contribution in [0.5, 0.6) is 0 Å². The lowest BCUT2D eigenvalue weighted by Gasteiger charge is -2.15. The minimum absolute atomic E-state index is 0.00347. The van der Waals surface area contributed by atoms with E-state index in [0.29, 0.717) is 12.0 Å². The monoisotopic (exact) mass is 383 g/mol. The summed E-state index contributed by atoms with van der Waals surface area (Å²) in [6.45, 7) is -0.482. The van der Waals surface area contributed by atoms with Gasteiger partial charge in [0.2, 0.25) is 0 Å². The molecule has 28 heavy (non-hydrogen) atoms. The van der Waals surface area contributed by atoms with Gasteiger partial charge >= 0.3 is 5.97 Å². The molecule has 1 atom stereocenters. The van der Waals surface area contributed by atoms with Crippen molar-refractivity contribution in [3.63, 3.8) is 0 Å². The highest BCUT2D eigenvalue weighted by Gasteiger charge is 2.24. The standard InChI is InChI=1S/C19H18FN5O3/c20-16-9-5-4-8-15(16)11-21-18(26)12-28-19(27)17(25-13-22-23-24-25)10-14-6-2-1-3-7-14/h1-9,13,17H,10-12H2,(H,21,26)/t17-/m0/s1. The van der Waals surface area contributed by atoms with Crippen molar-refractivity contribution in [3.8, 4) is 0 Å². The third-order valence-electron chi connectivity index (χ3n) is 4.01. The molecule has 0 spiro atoms. The number of tetrazole rings is 1. The molecule has 1 heterocycles. The number of aromatic nitrogens is 4. The van der Waals surface area contributed by atoms with Crippen molar-refractivity contribution in [1.29, 1.82) is 0 Å². The average Bonchev–Trinajstić information content (AvgIpc) is 3.25. The molecule has 144 valence electrons.